The van der Waals surface area contributed by atoms with Gasteiger partial charge in [0.2, 0.25) is 5.91 Å². The predicted octanol–water partition coefficient (Wildman–Crippen LogP) is 3.61. The van der Waals surface area contributed by atoms with Gasteiger partial charge in [-0.25, -0.2) is 9.78 Å². The van der Waals surface area contributed by atoms with Gasteiger partial charge < -0.3 is 9.80 Å². The second-order valence-corrected chi connectivity index (χ2v) is 10.2. The number of hydrogen-bond donors (Lipinski definition) is 0. The van der Waals surface area contributed by atoms with E-state index in [1.165, 1.54) is 0 Å². The van der Waals surface area contributed by atoms with Crippen LogP contribution in [0.15, 0.2) is 34.6 Å². The molecule has 1 saturated heterocycles. The Morgan fingerprint density at radius 3 is 2.56 bits per heavy atom. The van der Waals surface area contributed by atoms with Gasteiger partial charge in [-0.15, -0.1) is 11.3 Å². The summed E-state index contributed by atoms with van der Waals surface area (Å²) in [5, 5.41) is 3.67. The molecule has 1 aliphatic carbocycles. The van der Waals surface area contributed by atoms with Gasteiger partial charge in [-0.1, -0.05) is 11.6 Å². The van der Waals surface area contributed by atoms with Crippen LogP contribution in [0.2, 0.25) is 5.02 Å². The van der Waals surface area contributed by atoms with Crippen molar-refractivity contribution in [2.24, 2.45) is 18.9 Å². The van der Waals surface area contributed by atoms with Gasteiger partial charge in [0.1, 0.15) is 0 Å². The molecule has 1 saturated carbocycles. The molecule has 2 aliphatic rings. The number of anilines is 1. The molecule has 1 amide bonds. The molecule has 170 valence electrons. The summed E-state index contributed by atoms with van der Waals surface area (Å²) < 4.78 is 3.54. The van der Waals surface area contributed by atoms with Gasteiger partial charge in [0.25, 0.3) is 0 Å². The quantitative estimate of drug-likeness (QED) is 0.580. The Hall–Kier alpha value is -2.32. The molecule has 0 radical (unpaired) electrons. The molecule has 0 bridgehead atoms. The van der Waals surface area contributed by atoms with Crippen LogP contribution >= 0.6 is 22.9 Å². The smallest absolute Gasteiger partial charge is 0.328 e. The number of halogens is 1. The van der Waals surface area contributed by atoms with E-state index in [0.717, 1.165) is 68.0 Å². The van der Waals surface area contributed by atoms with E-state index in [1.807, 2.05) is 39.2 Å². The summed E-state index contributed by atoms with van der Waals surface area (Å²) >= 11 is 7.77. The van der Waals surface area contributed by atoms with Gasteiger partial charge in [0.05, 0.1) is 11.0 Å². The van der Waals surface area contributed by atoms with E-state index in [1.54, 1.807) is 23.0 Å². The highest BCUT2D eigenvalue weighted by molar-refractivity contribution is 7.13. The fourth-order valence-electron chi connectivity index (χ4n) is 5.16. The zero-order valence-corrected chi connectivity index (χ0v) is 19.8. The molecule has 3 heterocycles. The Bertz CT molecular complexity index is 1160. The zero-order valence-electron chi connectivity index (χ0n) is 18.2. The summed E-state index contributed by atoms with van der Waals surface area (Å²) in [6.07, 6.45) is 5.60. The number of thiazole rings is 1. The average Bonchev–Trinajstić information content (AvgIpc) is 3.43. The Morgan fingerprint density at radius 1 is 1.12 bits per heavy atom. The topological polar surface area (TPSA) is 63.4 Å². The summed E-state index contributed by atoms with van der Waals surface area (Å²) in [6.45, 7) is 3.94. The van der Waals surface area contributed by atoms with Crippen LogP contribution < -0.4 is 10.6 Å². The molecular weight excluding hydrogens is 446 g/mol. The first kappa shape index (κ1) is 21.5. The van der Waals surface area contributed by atoms with Crippen LogP contribution in [-0.4, -0.2) is 51.1 Å². The first-order chi connectivity index (χ1) is 15.5. The third-order valence-electron chi connectivity index (χ3n) is 7.03. The van der Waals surface area contributed by atoms with Crippen molar-refractivity contribution >= 4 is 45.0 Å². The van der Waals surface area contributed by atoms with Crippen LogP contribution in [0.3, 0.4) is 0 Å². The summed E-state index contributed by atoms with van der Waals surface area (Å²) in [4.78, 5) is 34.6. The highest BCUT2D eigenvalue weighted by Gasteiger charge is 2.32. The maximum absolute atomic E-state index is 13.1. The number of rotatable bonds is 4. The zero-order chi connectivity index (χ0) is 22.2. The van der Waals surface area contributed by atoms with Gasteiger partial charge in [-0.3, -0.25) is 13.9 Å². The lowest BCUT2D eigenvalue weighted by Gasteiger charge is -2.37. The minimum atomic E-state index is -0.00133. The van der Waals surface area contributed by atoms with E-state index in [2.05, 4.69) is 9.88 Å². The van der Waals surface area contributed by atoms with Crippen molar-refractivity contribution in [1.82, 2.24) is 19.0 Å². The van der Waals surface area contributed by atoms with E-state index in [4.69, 9.17) is 11.6 Å². The lowest BCUT2D eigenvalue weighted by Crippen LogP contribution is -2.50. The van der Waals surface area contributed by atoms with Gasteiger partial charge in [-0.2, -0.15) is 0 Å². The lowest BCUT2D eigenvalue weighted by molar-refractivity contribution is -0.137. The van der Waals surface area contributed by atoms with Crippen molar-refractivity contribution in [1.29, 1.82) is 0 Å². The van der Waals surface area contributed by atoms with Gasteiger partial charge >= 0.3 is 5.69 Å². The molecule has 5 rings (SSSR count). The molecule has 3 aromatic rings. The summed E-state index contributed by atoms with van der Waals surface area (Å²) in [7, 11) is 1.79. The standard InChI is InChI=1S/C23H28ClN5O2S/c1-26-20-14-18(24)6-7-19(20)29(23(26)31)15-16-2-4-17(5-3-16)21(30)27-9-11-28(12-10-27)22-25-8-13-32-22/h6-8,13-14,16-17H,2-5,9-12,15H2,1H3. The summed E-state index contributed by atoms with van der Waals surface area (Å²) in [6, 6.07) is 5.61. The molecule has 32 heavy (non-hydrogen) atoms. The van der Waals surface area contributed by atoms with Crippen LogP contribution in [0, 0.1) is 11.8 Å². The fraction of sp³-hybridized carbons (Fsp3) is 0.522. The third kappa shape index (κ3) is 4.06. The van der Waals surface area contributed by atoms with Crippen LogP contribution in [0.25, 0.3) is 11.0 Å². The number of aromatic nitrogens is 3. The number of amides is 1. The number of nitrogens with zero attached hydrogens (tertiary/aromatic N) is 5. The normalized spacial score (nSPS) is 21.9. The van der Waals surface area contributed by atoms with Crippen molar-refractivity contribution in [3.05, 3.63) is 45.3 Å². The van der Waals surface area contributed by atoms with Crippen molar-refractivity contribution in [3.8, 4) is 0 Å². The highest BCUT2D eigenvalue weighted by atomic mass is 35.5. The Balaban J connectivity index is 1.17. The molecule has 2 aromatic heterocycles. The Kier molecular flexibility index (Phi) is 5.99. The maximum Gasteiger partial charge on any atom is 0.328 e. The molecule has 0 atom stereocenters. The number of piperazine rings is 1. The minimum absolute atomic E-state index is 0.00133. The van der Waals surface area contributed by atoms with E-state index in [0.29, 0.717) is 23.4 Å². The highest BCUT2D eigenvalue weighted by Crippen LogP contribution is 2.32. The van der Waals surface area contributed by atoms with E-state index >= 15 is 0 Å². The second kappa shape index (κ2) is 8.90. The largest absolute Gasteiger partial charge is 0.345 e. The van der Waals surface area contributed by atoms with Crippen molar-refractivity contribution in [3.63, 3.8) is 0 Å². The van der Waals surface area contributed by atoms with E-state index in [-0.39, 0.29) is 11.6 Å². The fourth-order valence-corrected chi connectivity index (χ4v) is 6.02. The van der Waals surface area contributed by atoms with Crippen molar-refractivity contribution < 1.29 is 4.79 Å². The molecular formula is C23H28ClN5O2S. The first-order valence-electron chi connectivity index (χ1n) is 11.3. The molecule has 0 spiro atoms. The SMILES string of the molecule is Cn1c(=O)n(CC2CCC(C(=O)N3CCN(c4nccs4)CC3)CC2)c2ccc(Cl)cc21. The van der Waals surface area contributed by atoms with Crippen LogP contribution in [0.5, 0.6) is 0 Å². The average molecular weight is 474 g/mol. The molecule has 9 heteroatoms. The summed E-state index contributed by atoms with van der Waals surface area (Å²) in [5.74, 6) is 0.833. The molecule has 0 N–H and O–H groups in total. The van der Waals surface area contributed by atoms with Crippen molar-refractivity contribution in [2.75, 3.05) is 31.1 Å². The Labute approximate surface area is 196 Å². The van der Waals surface area contributed by atoms with Crippen LogP contribution in [0.4, 0.5) is 5.13 Å². The number of carbonyl (C=O) groups is 1. The molecule has 0 unspecified atom stereocenters. The predicted molar refractivity (Wildman–Crippen MR) is 129 cm³/mol. The van der Waals surface area contributed by atoms with Crippen LogP contribution in [0.1, 0.15) is 25.7 Å². The Morgan fingerprint density at radius 2 is 1.88 bits per heavy atom. The lowest BCUT2D eigenvalue weighted by atomic mass is 9.81. The number of aryl methyl sites for hydroxylation is 1. The maximum atomic E-state index is 13.1. The second-order valence-electron chi connectivity index (χ2n) is 8.93. The van der Waals surface area contributed by atoms with Crippen molar-refractivity contribution in [2.45, 2.75) is 32.2 Å². The molecule has 2 fully saturated rings. The number of hydrogen-bond acceptors (Lipinski definition) is 5. The van der Waals surface area contributed by atoms with E-state index in [9.17, 15) is 9.59 Å². The van der Waals surface area contributed by atoms with E-state index < -0.39 is 0 Å². The van der Waals surface area contributed by atoms with Gasteiger partial charge in [0, 0.05) is 62.3 Å². The molecule has 1 aromatic carbocycles. The monoisotopic (exact) mass is 473 g/mol. The number of benzene rings is 1. The number of fused-ring (bicyclic) bond motifs is 1. The molecule has 1 aliphatic heterocycles. The van der Waals surface area contributed by atoms with Gasteiger partial charge in [-0.05, 0) is 49.8 Å². The van der Waals surface area contributed by atoms with Crippen LogP contribution in [-0.2, 0) is 18.4 Å². The molecule has 7 nitrogen and oxygen atoms in total. The number of carbonyl (C=O) groups excluding carboxylic acids is 1. The number of imidazole rings is 1. The van der Waals surface area contributed by atoms with Gasteiger partial charge in [0.15, 0.2) is 5.13 Å². The third-order valence-corrected chi connectivity index (χ3v) is 8.09. The minimum Gasteiger partial charge on any atom is -0.345 e. The summed E-state index contributed by atoms with van der Waals surface area (Å²) in [5.41, 5.74) is 1.79. The first-order valence-corrected chi connectivity index (χ1v) is 12.5.